The summed E-state index contributed by atoms with van der Waals surface area (Å²) in [4.78, 5) is 31.5. The minimum atomic E-state index is -1.16. The van der Waals surface area contributed by atoms with Crippen LogP contribution in [-0.2, 0) is 9.53 Å². The molecule has 0 aliphatic carbocycles. The van der Waals surface area contributed by atoms with Crippen molar-refractivity contribution in [2.24, 2.45) is 0 Å². The number of hydrogen-bond donors (Lipinski definition) is 2. The lowest BCUT2D eigenvalue weighted by Gasteiger charge is -2.30. The molecule has 0 spiro atoms. The van der Waals surface area contributed by atoms with Crippen molar-refractivity contribution >= 4 is 17.5 Å². The summed E-state index contributed by atoms with van der Waals surface area (Å²) in [7, 11) is 1.58. The molecule has 10 heteroatoms. The van der Waals surface area contributed by atoms with Gasteiger partial charge in [-0.2, -0.15) is 0 Å². The zero-order valence-electron chi connectivity index (χ0n) is 19.7. The van der Waals surface area contributed by atoms with Crippen LogP contribution in [0.1, 0.15) is 16.1 Å². The van der Waals surface area contributed by atoms with Gasteiger partial charge in [0.2, 0.25) is 0 Å². The van der Waals surface area contributed by atoms with Crippen LogP contribution in [0.25, 0.3) is 0 Å². The summed E-state index contributed by atoms with van der Waals surface area (Å²) in [6.07, 6.45) is 1.40. The molecule has 2 aliphatic rings. The van der Waals surface area contributed by atoms with E-state index in [0.717, 1.165) is 0 Å². The first-order valence-corrected chi connectivity index (χ1v) is 11.4. The van der Waals surface area contributed by atoms with E-state index in [1.807, 2.05) is 0 Å². The first-order valence-electron chi connectivity index (χ1n) is 11.4. The average molecular weight is 503 g/mol. The summed E-state index contributed by atoms with van der Waals surface area (Å²) in [6.45, 7) is 0.226. The Morgan fingerprint density at radius 3 is 2.70 bits per heavy atom. The predicted octanol–water partition coefficient (Wildman–Crippen LogP) is 2.28. The van der Waals surface area contributed by atoms with Crippen LogP contribution >= 0.6 is 0 Å². The molecule has 2 aliphatic heterocycles. The maximum Gasteiger partial charge on any atom is 0.270 e. The van der Waals surface area contributed by atoms with Crippen LogP contribution in [0.3, 0.4) is 0 Å². The highest BCUT2D eigenvalue weighted by molar-refractivity contribution is 6.03. The molecule has 0 saturated carbocycles. The number of nitrogens with zero attached hydrogens (tertiary/aromatic N) is 2. The molecule has 2 aromatic carbocycles. The van der Waals surface area contributed by atoms with Gasteiger partial charge >= 0.3 is 0 Å². The number of pyridine rings is 1. The van der Waals surface area contributed by atoms with Crippen LogP contribution in [-0.4, -0.2) is 60.4 Å². The monoisotopic (exact) mass is 503 g/mol. The molecule has 1 fully saturated rings. The number of fused-ring (bicyclic) bond motifs is 1. The molecule has 3 heterocycles. The molecular formula is C27H22FN3O6. The van der Waals surface area contributed by atoms with E-state index >= 15 is 0 Å². The molecule has 2 amide bonds. The third kappa shape index (κ3) is 5.38. The first-order chi connectivity index (χ1) is 17.8. The van der Waals surface area contributed by atoms with E-state index in [0.29, 0.717) is 28.5 Å². The van der Waals surface area contributed by atoms with Gasteiger partial charge in [-0.3, -0.25) is 14.6 Å². The largest absolute Gasteiger partial charge is 0.489 e. The van der Waals surface area contributed by atoms with Crippen LogP contribution in [0.15, 0.2) is 60.8 Å². The number of hydrogen-bond acceptors (Lipinski definition) is 7. The molecule has 3 aromatic rings. The van der Waals surface area contributed by atoms with Gasteiger partial charge in [-0.15, -0.1) is 0 Å². The average Bonchev–Trinajstić information content (AvgIpc) is 3.00. The van der Waals surface area contributed by atoms with Crippen LogP contribution in [0.4, 0.5) is 10.1 Å². The number of amides is 2. The third-order valence-electron chi connectivity index (χ3n) is 5.79. The SMILES string of the molecule is CN1C(=O)[C@@H](NC(=O)c2cc(Oc3ccc(F)cc3)ccn2)COc2ccc(C#CC3(O)COC3)cc21. The van der Waals surface area contributed by atoms with E-state index in [1.54, 1.807) is 31.3 Å². The number of carbonyl (C=O) groups is 2. The molecule has 0 radical (unpaired) electrons. The van der Waals surface area contributed by atoms with E-state index in [2.05, 4.69) is 22.1 Å². The Hall–Kier alpha value is -4.46. The summed E-state index contributed by atoms with van der Waals surface area (Å²) >= 11 is 0. The van der Waals surface area contributed by atoms with Crippen LogP contribution in [0, 0.1) is 17.7 Å². The summed E-state index contributed by atoms with van der Waals surface area (Å²) in [5.41, 5.74) is -0.0482. The molecule has 1 aromatic heterocycles. The fourth-order valence-electron chi connectivity index (χ4n) is 3.71. The van der Waals surface area contributed by atoms with Gasteiger partial charge in [0, 0.05) is 24.9 Å². The summed E-state index contributed by atoms with van der Waals surface area (Å²) < 4.78 is 29.6. The maximum atomic E-state index is 13.2. The van der Waals surface area contributed by atoms with E-state index in [-0.39, 0.29) is 31.4 Å². The smallest absolute Gasteiger partial charge is 0.270 e. The van der Waals surface area contributed by atoms with Crippen molar-refractivity contribution in [2.75, 3.05) is 31.8 Å². The molecule has 9 nitrogen and oxygen atoms in total. The minimum Gasteiger partial charge on any atom is -0.489 e. The van der Waals surface area contributed by atoms with Gasteiger partial charge in [-0.25, -0.2) is 4.39 Å². The Kier molecular flexibility index (Phi) is 6.48. The molecule has 5 rings (SSSR count). The summed E-state index contributed by atoms with van der Waals surface area (Å²) in [5, 5.41) is 12.8. The van der Waals surface area contributed by atoms with E-state index in [1.165, 1.54) is 41.4 Å². The molecule has 0 unspecified atom stereocenters. The van der Waals surface area contributed by atoms with Gasteiger partial charge in [0.25, 0.3) is 11.8 Å². The Labute approximate surface area is 211 Å². The second kappa shape index (κ2) is 9.89. The second-order valence-corrected chi connectivity index (χ2v) is 8.62. The summed E-state index contributed by atoms with van der Waals surface area (Å²) in [5.74, 6) is 5.49. The van der Waals surface area contributed by atoms with Crippen molar-refractivity contribution in [1.29, 1.82) is 0 Å². The number of ether oxygens (including phenoxy) is 3. The van der Waals surface area contributed by atoms with Gasteiger partial charge < -0.3 is 29.5 Å². The third-order valence-corrected chi connectivity index (χ3v) is 5.79. The van der Waals surface area contributed by atoms with E-state index < -0.39 is 23.4 Å². The Morgan fingerprint density at radius 2 is 1.97 bits per heavy atom. The van der Waals surface area contributed by atoms with Crippen molar-refractivity contribution < 1.29 is 33.3 Å². The fraction of sp³-hybridized carbons (Fsp3) is 0.222. The number of nitrogens with one attached hydrogen (secondary N) is 1. The zero-order chi connectivity index (χ0) is 26.0. The van der Waals surface area contributed by atoms with E-state index in [9.17, 15) is 19.1 Å². The first kappa shape index (κ1) is 24.2. The van der Waals surface area contributed by atoms with Gasteiger partial charge in [0.15, 0.2) is 5.60 Å². The number of carbonyl (C=O) groups excluding carboxylic acids is 2. The maximum absolute atomic E-state index is 13.2. The van der Waals surface area contributed by atoms with Gasteiger partial charge in [0.05, 0.1) is 18.9 Å². The van der Waals surface area contributed by atoms with Crippen molar-refractivity contribution in [2.45, 2.75) is 11.6 Å². The number of likely N-dealkylation sites (N-methyl/N-ethyl adjacent to an activating group) is 1. The lowest BCUT2D eigenvalue weighted by Crippen LogP contribution is -2.49. The standard InChI is InChI=1S/C27H22FN3O6/c1-31-23-12-17(8-10-27(34)15-35-16-27)2-7-24(23)36-14-22(26(31)33)30-25(32)21-13-20(9-11-29-21)37-19-5-3-18(28)4-6-19/h2-7,9,11-13,22,34H,14-16H2,1H3,(H,30,32)/t22-/m0/s1. The van der Waals surface area contributed by atoms with Crippen LogP contribution in [0.5, 0.6) is 17.2 Å². The molecule has 37 heavy (non-hydrogen) atoms. The zero-order valence-corrected chi connectivity index (χ0v) is 19.7. The number of benzene rings is 2. The van der Waals surface area contributed by atoms with Gasteiger partial charge in [0.1, 0.15) is 41.4 Å². The lowest BCUT2D eigenvalue weighted by atomic mass is 10.0. The lowest BCUT2D eigenvalue weighted by molar-refractivity contribution is -0.140. The van der Waals surface area contributed by atoms with E-state index in [4.69, 9.17) is 14.2 Å². The molecule has 188 valence electrons. The van der Waals surface area contributed by atoms with Gasteiger partial charge in [-0.1, -0.05) is 11.8 Å². The van der Waals surface area contributed by atoms with Gasteiger partial charge in [-0.05, 0) is 48.5 Å². The predicted molar refractivity (Wildman–Crippen MR) is 130 cm³/mol. The Bertz CT molecular complexity index is 1410. The molecular weight excluding hydrogens is 481 g/mol. The Morgan fingerprint density at radius 1 is 1.19 bits per heavy atom. The number of aliphatic hydroxyl groups is 1. The van der Waals surface area contributed by atoms with Crippen LogP contribution in [0.2, 0.25) is 0 Å². The summed E-state index contributed by atoms with van der Waals surface area (Å²) in [6, 6.07) is 12.6. The number of anilines is 1. The fourth-order valence-corrected chi connectivity index (χ4v) is 3.71. The number of aromatic nitrogens is 1. The highest BCUT2D eigenvalue weighted by Crippen LogP contribution is 2.32. The number of halogens is 1. The Balaban J connectivity index is 1.28. The molecule has 0 bridgehead atoms. The normalized spacial score (nSPS) is 17.8. The van der Waals surface area contributed by atoms with Crippen LogP contribution < -0.4 is 19.7 Å². The topological polar surface area (TPSA) is 110 Å². The van der Waals surface area contributed by atoms with Crippen molar-refractivity contribution in [3.8, 4) is 29.1 Å². The highest BCUT2D eigenvalue weighted by atomic mass is 19.1. The number of rotatable bonds is 4. The molecule has 1 atom stereocenters. The second-order valence-electron chi connectivity index (χ2n) is 8.62. The minimum absolute atomic E-state index is 0.0345. The molecule has 2 N–H and O–H groups in total. The quantitative estimate of drug-likeness (QED) is 0.526. The van der Waals surface area contributed by atoms with Crippen molar-refractivity contribution in [1.82, 2.24) is 10.3 Å². The highest BCUT2D eigenvalue weighted by Gasteiger charge is 2.34. The van der Waals surface area contributed by atoms with Crippen molar-refractivity contribution in [3.63, 3.8) is 0 Å². The molecule has 1 saturated heterocycles. The van der Waals surface area contributed by atoms with Crippen molar-refractivity contribution in [3.05, 3.63) is 77.9 Å².